The van der Waals surface area contributed by atoms with Gasteiger partial charge < -0.3 is 11.1 Å². The Labute approximate surface area is 108 Å². The molecule has 6 heteroatoms. The van der Waals surface area contributed by atoms with E-state index < -0.39 is 0 Å². The van der Waals surface area contributed by atoms with Gasteiger partial charge in [-0.2, -0.15) is 4.37 Å². The molecule has 0 radical (unpaired) electrons. The first kappa shape index (κ1) is 11.9. The normalized spacial score (nSPS) is 10.2. The number of hydrogen-bond acceptors (Lipinski definition) is 5. The predicted octanol–water partition coefficient (Wildman–Crippen LogP) is 2.65. The van der Waals surface area contributed by atoms with Crippen LogP contribution in [0, 0.1) is 0 Å². The maximum atomic E-state index is 12.1. The van der Waals surface area contributed by atoms with Gasteiger partial charge in [-0.05, 0) is 35.8 Å². The van der Waals surface area contributed by atoms with Crippen molar-refractivity contribution < 1.29 is 4.79 Å². The van der Waals surface area contributed by atoms with E-state index in [-0.39, 0.29) is 5.78 Å². The summed E-state index contributed by atoms with van der Waals surface area (Å²) in [6, 6.07) is 6.68. The Balaban J connectivity index is 2.37. The summed E-state index contributed by atoms with van der Waals surface area (Å²) in [4.78, 5) is 12.6. The number of anilines is 2. The van der Waals surface area contributed by atoms with Crippen molar-refractivity contribution in [2.75, 3.05) is 18.1 Å². The van der Waals surface area contributed by atoms with Gasteiger partial charge in [-0.1, -0.05) is 11.6 Å². The SMILES string of the molecule is CNc1nsc(C(=O)c2ccc(Cl)cc2)c1N. The number of carbonyl (C=O) groups excluding carboxylic acids is 1. The monoisotopic (exact) mass is 267 g/mol. The Bertz CT molecular complexity index is 550. The molecule has 0 aliphatic carbocycles. The highest BCUT2D eigenvalue weighted by atomic mass is 35.5. The third-order valence-corrected chi connectivity index (χ3v) is 3.39. The van der Waals surface area contributed by atoms with E-state index in [9.17, 15) is 4.79 Å². The molecule has 0 saturated heterocycles. The topological polar surface area (TPSA) is 68.0 Å². The molecular weight excluding hydrogens is 258 g/mol. The van der Waals surface area contributed by atoms with Crippen LogP contribution in [-0.2, 0) is 0 Å². The summed E-state index contributed by atoms with van der Waals surface area (Å²) in [5, 5.41) is 3.42. The first-order valence-electron chi connectivity index (χ1n) is 4.86. The average Bonchev–Trinajstić information content (AvgIpc) is 2.70. The number of benzene rings is 1. The van der Waals surface area contributed by atoms with Crippen LogP contribution in [-0.4, -0.2) is 17.2 Å². The zero-order valence-corrected chi connectivity index (χ0v) is 10.6. The molecule has 4 nitrogen and oxygen atoms in total. The number of rotatable bonds is 3. The Hall–Kier alpha value is -1.59. The molecule has 2 aromatic rings. The van der Waals surface area contributed by atoms with Crippen LogP contribution in [0.1, 0.15) is 15.2 Å². The Morgan fingerprint density at radius 2 is 2.06 bits per heavy atom. The van der Waals surface area contributed by atoms with Gasteiger partial charge in [0.05, 0.1) is 5.69 Å². The molecule has 0 aliphatic rings. The lowest BCUT2D eigenvalue weighted by Crippen LogP contribution is -2.03. The highest BCUT2D eigenvalue weighted by molar-refractivity contribution is 7.09. The highest BCUT2D eigenvalue weighted by Crippen LogP contribution is 2.28. The quantitative estimate of drug-likeness (QED) is 0.839. The smallest absolute Gasteiger partial charge is 0.206 e. The van der Waals surface area contributed by atoms with Crippen LogP contribution in [0.25, 0.3) is 0 Å². The fourth-order valence-electron chi connectivity index (χ4n) is 1.37. The van der Waals surface area contributed by atoms with E-state index in [1.165, 1.54) is 0 Å². The lowest BCUT2D eigenvalue weighted by molar-refractivity contribution is 0.104. The van der Waals surface area contributed by atoms with Gasteiger partial charge in [0.15, 0.2) is 5.82 Å². The number of carbonyl (C=O) groups is 1. The molecule has 0 unspecified atom stereocenters. The minimum atomic E-state index is -0.141. The molecule has 2 rings (SSSR count). The zero-order chi connectivity index (χ0) is 12.4. The van der Waals surface area contributed by atoms with Crippen molar-refractivity contribution in [3.8, 4) is 0 Å². The molecule has 88 valence electrons. The molecule has 1 aromatic carbocycles. The molecule has 0 bridgehead atoms. The maximum Gasteiger partial charge on any atom is 0.206 e. The summed E-state index contributed by atoms with van der Waals surface area (Å²) in [6.07, 6.45) is 0. The number of nitrogens with one attached hydrogen (secondary N) is 1. The van der Waals surface area contributed by atoms with Gasteiger partial charge in [0.1, 0.15) is 4.88 Å². The Morgan fingerprint density at radius 1 is 1.41 bits per heavy atom. The van der Waals surface area contributed by atoms with Gasteiger partial charge in [-0.25, -0.2) is 0 Å². The van der Waals surface area contributed by atoms with E-state index in [4.69, 9.17) is 17.3 Å². The van der Waals surface area contributed by atoms with Crippen molar-refractivity contribution in [1.29, 1.82) is 0 Å². The van der Waals surface area contributed by atoms with Crippen molar-refractivity contribution in [3.05, 3.63) is 39.7 Å². The number of nitrogens with two attached hydrogens (primary N) is 1. The third kappa shape index (κ3) is 2.25. The highest BCUT2D eigenvalue weighted by Gasteiger charge is 2.18. The number of nitrogens with zero attached hydrogens (tertiary/aromatic N) is 1. The minimum absolute atomic E-state index is 0.141. The molecule has 0 fully saturated rings. The van der Waals surface area contributed by atoms with Crippen molar-refractivity contribution in [2.45, 2.75) is 0 Å². The first-order chi connectivity index (χ1) is 8.13. The largest absolute Gasteiger partial charge is 0.394 e. The second-order valence-electron chi connectivity index (χ2n) is 3.36. The molecule has 1 heterocycles. The van der Waals surface area contributed by atoms with Crippen LogP contribution in [0.15, 0.2) is 24.3 Å². The molecule has 0 aliphatic heterocycles. The summed E-state index contributed by atoms with van der Waals surface area (Å²) in [5.41, 5.74) is 6.76. The Kier molecular flexibility index (Phi) is 3.31. The number of halogens is 1. The van der Waals surface area contributed by atoms with Crippen LogP contribution in [0.5, 0.6) is 0 Å². The second-order valence-corrected chi connectivity index (χ2v) is 4.57. The van der Waals surface area contributed by atoms with Crippen molar-refractivity contribution in [1.82, 2.24) is 4.37 Å². The molecule has 3 N–H and O–H groups in total. The zero-order valence-electron chi connectivity index (χ0n) is 9.03. The van der Waals surface area contributed by atoms with E-state index in [2.05, 4.69) is 9.69 Å². The number of aromatic nitrogens is 1. The molecule has 0 atom stereocenters. The van der Waals surface area contributed by atoms with E-state index in [0.29, 0.717) is 27.0 Å². The number of hydrogen-bond donors (Lipinski definition) is 2. The summed E-state index contributed by atoms with van der Waals surface area (Å²) in [5.74, 6) is 0.394. The van der Waals surface area contributed by atoms with E-state index in [1.54, 1.807) is 31.3 Å². The fraction of sp³-hybridized carbons (Fsp3) is 0.0909. The van der Waals surface area contributed by atoms with Gasteiger partial charge in [0, 0.05) is 17.6 Å². The van der Waals surface area contributed by atoms with Crippen molar-refractivity contribution in [3.63, 3.8) is 0 Å². The summed E-state index contributed by atoms with van der Waals surface area (Å²) in [7, 11) is 1.71. The van der Waals surface area contributed by atoms with Crippen molar-refractivity contribution in [2.24, 2.45) is 0 Å². The standard InChI is InChI=1S/C11H10ClN3OS/c1-14-11-8(13)10(17-15-11)9(16)6-2-4-7(12)5-3-6/h2-5H,13H2,1H3,(H,14,15). The summed E-state index contributed by atoms with van der Waals surface area (Å²) >= 11 is 6.85. The lowest BCUT2D eigenvalue weighted by Gasteiger charge is -2.00. The van der Waals surface area contributed by atoms with E-state index >= 15 is 0 Å². The van der Waals surface area contributed by atoms with Crippen LogP contribution < -0.4 is 11.1 Å². The van der Waals surface area contributed by atoms with E-state index in [1.807, 2.05) is 0 Å². The summed E-state index contributed by atoms with van der Waals surface area (Å²) < 4.78 is 4.06. The molecule has 17 heavy (non-hydrogen) atoms. The molecule has 0 amide bonds. The first-order valence-corrected chi connectivity index (χ1v) is 6.01. The molecule has 1 aromatic heterocycles. The minimum Gasteiger partial charge on any atom is -0.394 e. The van der Waals surface area contributed by atoms with Crippen molar-refractivity contribution >= 4 is 40.4 Å². The molecule has 0 saturated carbocycles. The number of nitrogen functional groups attached to an aromatic ring is 1. The second kappa shape index (κ2) is 4.73. The van der Waals surface area contributed by atoms with Crippen LogP contribution in [0.2, 0.25) is 5.02 Å². The fourth-order valence-corrected chi connectivity index (χ4v) is 2.27. The third-order valence-electron chi connectivity index (χ3n) is 2.28. The Morgan fingerprint density at radius 3 is 2.59 bits per heavy atom. The number of ketones is 1. The van der Waals surface area contributed by atoms with Crippen LogP contribution in [0.3, 0.4) is 0 Å². The van der Waals surface area contributed by atoms with Crippen LogP contribution in [0.4, 0.5) is 11.5 Å². The molecule has 0 spiro atoms. The van der Waals surface area contributed by atoms with Gasteiger partial charge in [-0.15, -0.1) is 0 Å². The predicted molar refractivity (Wildman–Crippen MR) is 71.0 cm³/mol. The van der Waals surface area contributed by atoms with Crippen LogP contribution >= 0.6 is 23.1 Å². The van der Waals surface area contributed by atoms with E-state index in [0.717, 1.165) is 11.5 Å². The lowest BCUT2D eigenvalue weighted by atomic mass is 10.1. The average molecular weight is 268 g/mol. The van der Waals surface area contributed by atoms with Gasteiger partial charge in [0.25, 0.3) is 0 Å². The van der Waals surface area contributed by atoms with Gasteiger partial charge >= 0.3 is 0 Å². The summed E-state index contributed by atoms with van der Waals surface area (Å²) in [6.45, 7) is 0. The van der Waals surface area contributed by atoms with Gasteiger partial charge in [0.2, 0.25) is 5.78 Å². The van der Waals surface area contributed by atoms with Gasteiger partial charge in [-0.3, -0.25) is 4.79 Å². The molecular formula is C11H10ClN3OS. The maximum absolute atomic E-state index is 12.1.